The fourth-order valence-corrected chi connectivity index (χ4v) is 2.70. The van der Waals surface area contributed by atoms with Gasteiger partial charge in [0.15, 0.2) is 12.4 Å². The van der Waals surface area contributed by atoms with Gasteiger partial charge >= 0.3 is 0 Å². The van der Waals surface area contributed by atoms with Crippen LogP contribution in [0.25, 0.3) is 21.8 Å². The number of para-hydroxylation sites is 2. The van der Waals surface area contributed by atoms with E-state index in [9.17, 15) is 30.6 Å². The number of fused-ring (bicyclic) bond motifs is 2. The zero-order chi connectivity index (χ0) is 20.3. The molecule has 0 aliphatic rings. The van der Waals surface area contributed by atoms with Gasteiger partial charge in [0, 0.05) is 12.1 Å². The van der Waals surface area contributed by atoms with Gasteiger partial charge in [0.1, 0.15) is 10.8 Å². The standard InChI is InChI=1S/2C9H6N2O3/c2*12-10-6-5-9(11(13)14)7-3-1-2-4-8(7)10/h2*1-6H. The normalized spacial score (nSPS) is 10.3. The molecule has 0 saturated heterocycles. The van der Waals surface area contributed by atoms with E-state index in [1.165, 1.54) is 12.1 Å². The highest BCUT2D eigenvalue weighted by atomic mass is 16.6. The third-order valence-electron chi connectivity index (χ3n) is 3.96. The summed E-state index contributed by atoms with van der Waals surface area (Å²) in [5, 5.41) is 44.4. The minimum atomic E-state index is -0.498. The first kappa shape index (κ1) is 18.5. The molecule has 4 rings (SSSR count). The van der Waals surface area contributed by atoms with Gasteiger partial charge < -0.3 is 10.4 Å². The van der Waals surface area contributed by atoms with Crippen molar-refractivity contribution in [2.75, 3.05) is 0 Å². The second-order valence-electron chi connectivity index (χ2n) is 5.60. The second kappa shape index (κ2) is 7.50. The highest BCUT2D eigenvalue weighted by Gasteiger charge is 2.17. The maximum atomic E-state index is 11.2. The molecule has 0 aliphatic carbocycles. The Labute approximate surface area is 157 Å². The van der Waals surface area contributed by atoms with Crippen molar-refractivity contribution >= 4 is 33.2 Å². The van der Waals surface area contributed by atoms with E-state index >= 15 is 0 Å². The summed E-state index contributed by atoms with van der Waals surface area (Å²) in [5.41, 5.74) is 0.517. The van der Waals surface area contributed by atoms with E-state index in [1.54, 1.807) is 48.5 Å². The van der Waals surface area contributed by atoms with Crippen molar-refractivity contribution in [1.29, 1.82) is 0 Å². The van der Waals surface area contributed by atoms with Gasteiger partial charge in [-0.2, -0.15) is 9.46 Å². The Morgan fingerprint density at radius 1 is 0.607 bits per heavy atom. The van der Waals surface area contributed by atoms with E-state index in [0.29, 0.717) is 31.3 Å². The molecule has 0 spiro atoms. The summed E-state index contributed by atoms with van der Waals surface area (Å²) < 4.78 is 1.23. The Morgan fingerprint density at radius 2 is 0.964 bits per heavy atom. The maximum Gasteiger partial charge on any atom is 0.289 e. The van der Waals surface area contributed by atoms with E-state index in [4.69, 9.17) is 0 Å². The fourth-order valence-electron chi connectivity index (χ4n) is 2.70. The number of aromatic nitrogens is 2. The Bertz CT molecular complexity index is 1120. The van der Waals surface area contributed by atoms with Crippen LogP contribution in [-0.2, 0) is 0 Å². The van der Waals surface area contributed by atoms with Crippen LogP contribution in [0.3, 0.4) is 0 Å². The van der Waals surface area contributed by atoms with E-state index in [2.05, 4.69) is 0 Å². The number of benzene rings is 2. The van der Waals surface area contributed by atoms with E-state index in [1.807, 2.05) is 0 Å². The lowest BCUT2D eigenvalue weighted by Crippen LogP contribution is -2.26. The zero-order valence-electron chi connectivity index (χ0n) is 14.2. The van der Waals surface area contributed by atoms with Crippen LogP contribution in [0.5, 0.6) is 0 Å². The van der Waals surface area contributed by atoms with E-state index in [0.717, 1.165) is 12.4 Å². The maximum absolute atomic E-state index is 11.2. The minimum Gasteiger partial charge on any atom is -0.618 e. The SMILES string of the molecule is O=[N+]([O-])c1cc[n+]([O-])c2ccccc12.O=[N+]([O-])c1cc[n+]([O-])c2ccccc12. The lowest BCUT2D eigenvalue weighted by Gasteiger charge is -2.00. The van der Waals surface area contributed by atoms with Crippen molar-refractivity contribution in [2.45, 2.75) is 0 Å². The predicted molar refractivity (Wildman–Crippen MR) is 99.1 cm³/mol. The van der Waals surface area contributed by atoms with Crippen molar-refractivity contribution in [1.82, 2.24) is 0 Å². The molecule has 0 amide bonds. The number of hydrogen-bond donors (Lipinski definition) is 0. The van der Waals surface area contributed by atoms with Crippen LogP contribution >= 0.6 is 0 Å². The fraction of sp³-hybridized carbons (Fsp3) is 0. The molecular weight excluding hydrogens is 368 g/mol. The van der Waals surface area contributed by atoms with Crippen LogP contribution in [-0.4, -0.2) is 9.85 Å². The van der Waals surface area contributed by atoms with Crippen molar-refractivity contribution in [3.63, 3.8) is 0 Å². The molecule has 10 nitrogen and oxygen atoms in total. The van der Waals surface area contributed by atoms with Crippen LogP contribution in [0.2, 0.25) is 0 Å². The number of nitrogens with zero attached hydrogens (tertiary/aromatic N) is 4. The van der Waals surface area contributed by atoms with Gasteiger partial charge in [0.2, 0.25) is 11.0 Å². The lowest BCUT2D eigenvalue weighted by atomic mass is 10.2. The van der Waals surface area contributed by atoms with Crippen molar-refractivity contribution in [3.05, 3.63) is 104 Å². The Balaban J connectivity index is 0.000000161. The number of nitro groups is 2. The molecule has 2 heterocycles. The molecule has 0 atom stereocenters. The second-order valence-corrected chi connectivity index (χ2v) is 5.60. The molecule has 0 bridgehead atoms. The number of rotatable bonds is 2. The number of hydrogen-bond acceptors (Lipinski definition) is 6. The summed E-state index contributed by atoms with van der Waals surface area (Å²) in [4.78, 5) is 20.2. The Morgan fingerprint density at radius 3 is 1.32 bits per heavy atom. The topological polar surface area (TPSA) is 140 Å². The first-order chi connectivity index (χ1) is 13.4. The quantitative estimate of drug-likeness (QED) is 0.227. The Hall–Kier alpha value is -4.34. The predicted octanol–water partition coefficient (Wildman–Crippen LogP) is 2.76. The van der Waals surface area contributed by atoms with Crippen LogP contribution in [0.15, 0.2) is 73.1 Å². The molecule has 0 radical (unpaired) electrons. The smallest absolute Gasteiger partial charge is 0.289 e. The third-order valence-corrected chi connectivity index (χ3v) is 3.96. The van der Waals surface area contributed by atoms with Crippen molar-refractivity contribution < 1.29 is 19.3 Å². The minimum absolute atomic E-state index is 0.0484. The molecule has 0 unspecified atom stereocenters. The van der Waals surface area contributed by atoms with Crippen LogP contribution in [0, 0.1) is 30.6 Å². The molecule has 0 N–H and O–H groups in total. The van der Waals surface area contributed by atoms with Gasteiger partial charge in [-0.15, -0.1) is 0 Å². The highest BCUT2D eigenvalue weighted by molar-refractivity contribution is 5.85. The zero-order valence-corrected chi connectivity index (χ0v) is 14.2. The molecule has 2 aromatic carbocycles. The molecular formula is C18H12N4O6. The number of pyridine rings is 2. The monoisotopic (exact) mass is 380 g/mol. The molecule has 140 valence electrons. The van der Waals surface area contributed by atoms with Crippen LogP contribution in [0.1, 0.15) is 0 Å². The van der Waals surface area contributed by atoms with Crippen molar-refractivity contribution in [3.8, 4) is 0 Å². The van der Waals surface area contributed by atoms with Gasteiger partial charge in [-0.05, 0) is 12.1 Å². The van der Waals surface area contributed by atoms with Gasteiger partial charge in [0.25, 0.3) is 11.4 Å². The van der Waals surface area contributed by atoms with E-state index < -0.39 is 9.85 Å². The largest absolute Gasteiger partial charge is 0.618 e. The average Bonchev–Trinajstić information content (AvgIpc) is 2.69. The lowest BCUT2D eigenvalue weighted by molar-refractivity contribution is -0.577. The summed E-state index contributed by atoms with van der Waals surface area (Å²) in [6.07, 6.45) is 2.28. The van der Waals surface area contributed by atoms with Crippen LogP contribution < -0.4 is 9.46 Å². The first-order valence-corrected chi connectivity index (χ1v) is 7.90. The van der Waals surface area contributed by atoms with E-state index in [-0.39, 0.29) is 11.4 Å². The highest BCUT2D eigenvalue weighted by Crippen LogP contribution is 2.22. The summed E-state index contributed by atoms with van der Waals surface area (Å²) in [6.45, 7) is 0. The molecule has 10 heteroatoms. The van der Waals surface area contributed by atoms with Gasteiger partial charge in [0.05, 0.1) is 22.0 Å². The molecule has 2 aromatic heterocycles. The first-order valence-electron chi connectivity index (χ1n) is 7.90. The molecule has 4 aromatic rings. The third kappa shape index (κ3) is 3.46. The Kier molecular flexibility index (Phi) is 4.94. The molecule has 0 fully saturated rings. The summed E-state index contributed by atoms with van der Waals surface area (Å²) in [6, 6.07) is 15.3. The van der Waals surface area contributed by atoms with Crippen LogP contribution in [0.4, 0.5) is 11.4 Å². The summed E-state index contributed by atoms with van der Waals surface area (Å²) in [7, 11) is 0. The molecule has 0 aliphatic heterocycles. The summed E-state index contributed by atoms with van der Waals surface area (Å²) in [5.74, 6) is 0. The molecule has 28 heavy (non-hydrogen) atoms. The molecule has 0 saturated carbocycles. The van der Waals surface area contributed by atoms with Gasteiger partial charge in [-0.3, -0.25) is 20.2 Å². The average molecular weight is 380 g/mol. The van der Waals surface area contributed by atoms with Gasteiger partial charge in [-0.1, -0.05) is 24.3 Å². The summed E-state index contributed by atoms with van der Waals surface area (Å²) >= 11 is 0. The van der Waals surface area contributed by atoms with Gasteiger partial charge in [-0.25, -0.2) is 0 Å². The van der Waals surface area contributed by atoms with Crippen molar-refractivity contribution in [2.24, 2.45) is 0 Å².